The molecule has 0 saturated carbocycles. The molecule has 0 aromatic heterocycles. The van der Waals surface area contributed by atoms with Crippen molar-refractivity contribution >= 4 is 15.9 Å². The van der Waals surface area contributed by atoms with E-state index in [1.807, 2.05) is 12.1 Å². The van der Waals surface area contributed by atoms with Gasteiger partial charge < -0.3 is 10.6 Å². The molecule has 0 aliphatic heterocycles. The molecule has 1 rings (SSSR count). The Balaban J connectivity index is 2.44. The van der Waals surface area contributed by atoms with Crippen LogP contribution in [-0.4, -0.2) is 25.0 Å². The largest absolute Gasteiger partial charge is 0.324 e. The van der Waals surface area contributed by atoms with Gasteiger partial charge in [0.15, 0.2) is 0 Å². The van der Waals surface area contributed by atoms with Crippen molar-refractivity contribution in [2.24, 2.45) is 11.1 Å². The Hall–Kier alpha value is -0.380. The number of hydrogen-bond donors (Lipinski definition) is 1. The normalized spacial score (nSPS) is 13.9. The lowest BCUT2D eigenvalue weighted by Gasteiger charge is -2.27. The minimum Gasteiger partial charge on any atom is -0.324 e. The second-order valence-electron chi connectivity index (χ2n) is 6.25. The van der Waals surface area contributed by atoms with E-state index in [-0.39, 0.29) is 6.04 Å². The van der Waals surface area contributed by atoms with Gasteiger partial charge in [-0.25, -0.2) is 0 Å². The van der Waals surface area contributed by atoms with Crippen LogP contribution in [0.3, 0.4) is 0 Å². The number of nitrogens with zero attached hydrogens (tertiary/aromatic N) is 1. The first-order valence-electron chi connectivity index (χ1n) is 6.47. The minimum absolute atomic E-state index is 0.116. The Kier molecular flexibility index (Phi) is 5.83. The molecule has 0 bridgehead atoms. The summed E-state index contributed by atoms with van der Waals surface area (Å²) in [5.74, 6) is 0. The van der Waals surface area contributed by atoms with Gasteiger partial charge in [-0.2, -0.15) is 0 Å². The summed E-state index contributed by atoms with van der Waals surface area (Å²) in [6, 6.07) is 8.39. The highest BCUT2D eigenvalue weighted by atomic mass is 79.9. The lowest BCUT2D eigenvalue weighted by molar-refractivity contribution is 0.221. The predicted molar refractivity (Wildman–Crippen MR) is 82.6 cm³/mol. The van der Waals surface area contributed by atoms with E-state index in [9.17, 15) is 0 Å². The highest BCUT2D eigenvalue weighted by Gasteiger charge is 2.14. The highest BCUT2D eigenvalue weighted by Crippen LogP contribution is 2.20. The first kappa shape index (κ1) is 15.7. The molecular formula is C15H25BrN2. The third-order valence-corrected chi connectivity index (χ3v) is 3.34. The van der Waals surface area contributed by atoms with Crippen LogP contribution in [0.1, 0.15) is 38.8 Å². The molecule has 0 heterocycles. The molecular weight excluding hydrogens is 288 g/mol. The van der Waals surface area contributed by atoms with E-state index < -0.39 is 0 Å². The maximum Gasteiger partial charge on any atom is 0.0307 e. The molecule has 0 saturated heterocycles. The summed E-state index contributed by atoms with van der Waals surface area (Å²) >= 11 is 3.48. The van der Waals surface area contributed by atoms with Crippen LogP contribution in [0.15, 0.2) is 28.7 Å². The zero-order valence-corrected chi connectivity index (χ0v) is 13.5. The molecule has 0 radical (unpaired) electrons. The summed E-state index contributed by atoms with van der Waals surface area (Å²) in [5.41, 5.74) is 7.77. The molecule has 2 nitrogen and oxygen atoms in total. The van der Waals surface area contributed by atoms with Gasteiger partial charge in [0.05, 0.1) is 0 Å². The highest BCUT2D eigenvalue weighted by molar-refractivity contribution is 9.10. The van der Waals surface area contributed by atoms with Crippen LogP contribution in [0.5, 0.6) is 0 Å². The fourth-order valence-electron chi connectivity index (χ4n) is 2.15. The monoisotopic (exact) mass is 312 g/mol. The number of hydrogen-bond acceptors (Lipinski definition) is 2. The van der Waals surface area contributed by atoms with Crippen molar-refractivity contribution < 1.29 is 0 Å². The van der Waals surface area contributed by atoms with Gasteiger partial charge in [0.2, 0.25) is 0 Å². The first-order chi connectivity index (χ1) is 8.28. The van der Waals surface area contributed by atoms with Gasteiger partial charge in [0.1, 0.15) is 0 Å². The molecule has 0 aliphatic carbocycles. The standard InChI is InChI=1S/C15H25BrN2/c1-15(2,3)11-18(4)9-8-14(17)12-6-5-7-13(16)10-12/h5-7,10,14H,8-9,11,17H2,1-4H3. The zero-order valence-electron chi connectivity index (χ0n) is 11.9. The Morgan fingerprint density at radius 2 is 2.00 bits per heavy atom. The van der Waals surface area contributed by atoms with Gasteiger partial charge in [-0.3, -0.25) is 0 Å². The van der Waals surface area contributed by atoms with Crippen LogP contribution in [0, 0.1) is 5.41 Å². The molecule has 0 fully saturated rings. The second-order valence-corrected chi connectivity index (χ2v) is 7.16. The fraction of sp³-hybridized carbons (Fsp3) is 0.600. The van der Waals surface area contributed by atoms with E-state index in [0.717, 1.165) is 24.0 Å². The van der Waals surface area contributed by atoms with Crippen LogP contribution in [0.4, 0.5) is 0 Å². The SMILES string of the molecule is CN(CCC(N)c1cccc(Br)c1)CC(C)(C)C. The lowest BCUT2D eigenvalue weighted by Crippen LogP contribution is -2.31. The average Bonchev–Trinajstić information content (AvgIpc) is 2.23. The van der Waals surface area contributed by atoms with Gasteiger partial charge in [-0.1, -0.05) is 48.8 Å². The van der Waals surface area contributed by atoms with Crippen LogP contribution >= 0.6 is 15.9 Å². The second kappa shape index (κ2) is 6.69. The Morgan fingerprint density at radius 3 is 2.56 bits per heavy atom. The molecule has 0 aliphatic rings. The van der Waals surface area contributed by atoms with Crippen molar-refractivity contribution in [1.29, 1.82) is 0 Å². The molecule has 1 atom stereocenters. The Bertz CT molecular complexity index is 371. The van der Waals surface area contributed by atoms with E-state index in [1.165, 1.54) is 5.56 Å². The van der Waals surface area contributed by atoms with Crippen molar-refractivity contribution in [2.75, 3.05) is 20.1 Å². The molecule has 0 amide bonds. The number of halogens is 1. The quantitative estimate of drug-likeness (QED) is 0.895. The minimum atomic E-state index is 0.116. The molecule has 2 N–H and O–H groups in total. The van der Waals surface area contributed by atoms with Gasteiger partial charge >= 0.3 is 0 Å². The topological polar surface area (TPSA) is 29.3 Å². The molecule has 0 spiro atoms. The predicted octanol–water partition coefficient (Wildman–Crippen LogP) is 3.82. The first-order valence-corrected chi connectivity index (χ1v) is 7.27. The lowest BCUT2D eigenvalue weighted by atomic mass is 9.96. The molecule has 1 aromatic rings. The average molecular weight is 313 g/mol. The number of rotatable bonds is 5. The third kappa shape index (κ3) is 5.98. The smallest absolute Gasteiger partial charge is 0.0307 e. The van der Waals surface area contributed by atoms with Crippen LogP contribution in [0.2, 0.25) is 0 Å². The van der Waals surface area contributed by atoms with Crippen molar-refractivity contribution in [1.82, 2.24) is 4.90 Å². The summed E-state index contributed by atoms with van der Waals surface area (Å²) in [6.45, 7) is 8.91. The van der Waals surface area contributed by atoms with Gasteiger partial charge in [-0.15, -0.1) is 0 Å². The van der Waals surface area contributed by atoms with E-state index >= 15 is 0 Å². The number of nitrogens with two attached hydrogens (primary N) is 1. The molecule has 1 unspecified atom stereocenters. The van der Waals surface area contributed by atoms with Crippen molar-refractivity contribution in [3.05, 3.63) is 34.3 Å². The zero-order chi connectivity index (χ0) is 13.8. The van der Waals surface area contributed by atoms with E-state index in [2.05, 4.69) is 60.8 Å². The van der Waals surface area contributed by atoms with Crippen LogP contribution in [-0.2, 0) is 0 Å². The van der Waals surface area contributed by atoms with E-state index in [4.69, 9.17) is 5.73 Å². The summed E-state index contributed by atoms with van der Waals surface area (Å²) in [7, 11) is 2.17. The molecule has 3 heteroatoms. The van der Waals surface area contributed by atoms with Crippen molar-refractivity contribution in [3.8, 4) is 0 Å². The maximum absolute atomic E-state index is 6.23. The third-order valence-electron chi connectivity index (χ3n) is 2.84. The van der Waals surface area contributed by atoms with E-state index in [1.54, 1.807) is 0 Å². The molecule has 102 valence electrons. The summed E-state index contributed by atoms with van der Waals surface area (Å²) < 4.78 is 1.10. The summed E-state index contributed by atoms with van der Waals surface area (Å²) in [4.78, 5) is 2.36. The van der Waals surface area contributed by atoms with Gasteiger partial charge in [0, 0.05) is 17.1 Å². The van der Waals surface area contributed by atoms with E-state index in [0.29, 0.717) is 5.41 Å². The molecule has 1 aromatic carbocycles. The number of benzene rings is 1. The Labute approximate surface area is 120 Å². The maximum atomic E-state index is 6.23. The Morgan fingerprint density at radius 1 is 1.33 bits per heavy atom. The summed E-state index contributed by atoms with van der Waals surface area (Å²) in [6.07, 6.45) is 0.989. The summed E-state index contributed by atoms with van der Waals surface area (Å²) in [5, 5.41) is 0. The molecule has 18 heavy (non-hydrogen) atoms. The van der Waals surface area contributed by atoms with Crippen molar-refractivity contribution in [3.63, 3.8) is 0 Å². The van der Waals surface area contributed by atoms with Crippen LogP contribution in [0.25, 0.3) is 0 Å². The van der Waals surface area contributed by atoms with Crippen molar-refractivity contribution in [2.45, 2.75) is 33.2 Å². The van der Waals surface area contributed by atoms with Gasteiger partial charge in [-0.05, 0) is 43.1 Å². The fourth-order valence-corrected chi connectivity index (χ4v) is 2.57. The van der Waals surface area contributed by atoms with Gasteiger partial charge in [0.25, 0.3) is 0 Å². The van der Waals surface area contributed by atoms with Crippen LogP contribution < -0.4 is 5.73 Å².